The summed E-state index contributed by atoms with van der Waals surface area (Å²) < 4.78 is 0. The number of aliphatic hydroxyl groups is 1. The van der Waals surface area contributed by atoms with Crippen molar-refractivity contribution in [2.45, 2.75) is 44.2 Å². The Morgan fingerprint density at radius 3 is 2.75 bits per heavy atom. The van der Waals surface area contributed by atoms with Crippen LogP contribution in [0.2, 0.25) is 0 Å². The van der Waals surface area contributed by atoms with Crippen LogP contribution in [0.5, 0.6) is 0 Å². The van der Waals surface area contributed by atoms with Gasteiger partial charge >= 0.3 is 0 Å². The summed E-state index contributed by atoms with van der Waals surface area (Å²) in [7, 11) is 4.02. The van der Waals surface area contributed by atoms with Crippen molar-refractivity contribution in [3.8, 4) is 0 Å². The standard InChI is InChI=1S/C15H29N3O2/c1-17(2)9-13-7-14(19)10-18(13)15(20)12-5-3-4-11(6-12)8-16/h11-14,19H,3-10,16H2,1-2H3. The van der Waals surface area contributed by atoms with Gasteiger partial charge in [0, 0.05) is 25.0 Å². The number of nitrogens with two attached hydrogens (primary N) is 1. The van der Waals surface area contributed by atoms with Crippen LogP contribution in [0.3, 0.4) is 0 Å². The highest BCUT2D eigenvalue weighted by Gasteiger charge is 2.38. The first kappa shape index (κ1) is 15.7. The molecule has 5 nitrogen and oxygen atoms in total. The number of carbonyl (C=O) groups excluding carboxylic acids is 1. The Labute approximate surface area is 122 Å². The minimum Gasteiger partial charge on any atom is -0.391 e. The Kier molecular flexibility index (Phi) is 5.41. The molecule has 1 heterocycles. The van der Waals surface area contributed by atoms with Crippen molar-refractivity contribution in [2.75, 3.05) is 33.7 Å². The van der Waals surface area contributed by atoms with Gasteiger partial charge in [-0.15, -0.1) is 0 Å². The van der Waals surface area contributed by atoms with Crippen molar-refractivity contribution >= 4 is 5.91 Å². The molecule has 3 N–H and O–H groups in total. The number of nitrogens with zero attached hydrogens (tertiary/aromatic N) is 2. The largest absolute Gasteiger partial charge is 0.391 e. The number of carbonyl (C=O) groups is 1. The summed E-state index contributed by atoms with van der Waals surface area (Å²) >= 11 is 0. The second-order valence-corrected chi connectivity index (χ2v) is 6.76. The normalized spacial score (nSPS) is 34.8. The van der Waals surface area contributed by atoms with Crippen molar-refractivity contribution in [1.82, 2.24) is 9.80 Å². The van der Waals surface area contributed by atoms with Gasteiger partial charge in [0.25, 0.3) is 0 Å². The molecule has 20 heavy (non-hydrogen) atoms. The molecule has 0 bridgehead atoms. The quantitative estimate of drug-likeness (QED) is 0.777. The first-order chi connectivity index (χ1) is 9.51. The molecule has 0 aromatic rings. The molecule has 0 aromatic carbocycles. The van der Waals surface area contributed by atoms with Gasteiger partial charge in [-0.3, -0.25) is 4.79 Å². The molecule has 0 radical (unpaired) electrons. The molecule has 0 spiro atoms. The highest BCUT2D eigenvalue weighted by molar-refractivity contribution is 5.79. The predicted molar refractivity (Wildman–Crippen MR) is 79.2 cm³/mol. The van der Waals surface area contributed by atoms with Crippen LogP contribution in [0.15, 0.2) is 0 Å². The summed E-state index contributed by atoms with van der Waals surface area (Å²) in [5.41, 5.74) is 5.76. The average Bonchev–Trinajstić information content (AvgIpc) is 2.78. The van der Waals surface area contributed by atoms with E-state index in [1.54, 1.807) is 0 Å². The van der Waals surface area contributed by atoms with E-state index in [-0.39, 0.29) is 24.0 Å². The van der Waals surface area contributed by atoms with Gasteiger partial charge in [-0.05, 0) is 52.2 Å². The number of β-amino-alcohol motifs (C(OH)–C–C–N with tert-alkyl or cyclic N) is 1. The van der Waals surface area contributed by atoms with Gasteiger partial charge < -0.3 is 20.6 Å². The molecule has 4 unspecified atom stereocenters. The Hall–Kier alpha value is -0.650. The molecular formula is C15H29N3O2. The molecule has 4 atom stereocenters. The number of hydrogen-bond acceptors (Lipinski definition) is 4. The van der Waals surface area contributed by atoms with E-state index in [0.29, 0.717) is 25.4 Å². The van der Waals surface area contributed by atoms with Gasteiger partial charge in [-0.25, -0.2) is 0 Å². The summed E-state index contributed by atoms with van der Waals surface area (Å²) in [6.07, 6.45) is 4.51. The highest BCUT2D eigenvalue weighted by Crippen LogP contribution is 2.32. The maximum absolute atomic E-state index is 12.8. The average molecular weight is 283 g/mol. The van der Waals surface area contributed by atoms with E-state index < -0.39 is 0 Å². The third-order valence-electron chi connectivity index (χ3n) is 4.72. The Morgan fingerprint density at radius 1 is 1.35 bits per heavy atom. The van der Waals surface area contributed by atoms with E-state index >= 15 is 0 Å². The van der Waals surface area contributed by atoms with E-state index in [2.05, 4.69) is 4.90 Å². The summed E-state index contributed by atoms with van der Waals surface area (Å²) in [5.74, 6) is 0.858. The van der Waals surface area contributed by atoms with Crippen LogP contribution >= 0.6 is 0 Å². The van der Waals surface area contributed by atoms with Gasteiger partial charge in [-0.1, -0.05) is 6.42 Å². The Morgan fingerprint density at radius 2 is 2.10 bits per heavy atom. The van der Waals surface area contributed by atoms with Crippen LogP contribution in [-0.4, -0.2) is 66.7 Å². The number of rotatable bonds is 4. The maximum atomic E-state index is 12.8. The maximum Gasteiger partial charge on any atom is 0.226 e. The van der Waals surface area contributed by atoms with Gasteiger partial charge in [0.1, 0.15) is 0 Å². The highest BCUT2D eigenvalue weighted by atomic mass is 16.3. The second kappa shape index (κ2) is 6.87. The van der Waals surface area contributed by atoms with Crippen molar-refractivity contribution in [2.24, 2.45) is 17.6 Å². The third kappa shape index (κ3) is 3.71. The molecule has 1 aliphatic heterocycles. The second-order valence-electron chi connectivity index (χ2n) is 6.76. The zero-order chi connectivity index (χ0) is 14.7. The molecular weight excluding hydrogens is 254 g/mol. The van der Waals surface area contributed by atoms with Crippen LogP contribution in [0, 0.1) is 11.8 Å². The SMILES string of the molecule is CN(C)CC1CC(O)CN1C(=O)C1CCCC(CN)C1. The van der Waals surface area contributed by atoms with Crippen LogP contribution in [0.25, 0.3) is 0 Å². The van der Waals surface area contributed by atoms with E-state index in [9.17, 15) is 9.90 Å². The molecule has 1 saturated heterocycles. The van der Waals surface area contributed by atoms with Crippen molar-refractivity contribution in [3.63, 3.8) is 0 Å². The molecule has 2 rings (SSSR count). The number of hydrogen-bond donors (Lipinski definition) is 2. The van der Waals surface area contributed by atoms with E-state index in [4.69, 9.17) is 5.73 Å². The first-order valence-corrected chi connectivity index (χ1v) is 7.84. The summed E-state index contributed by atoms with van der Waals surface area (Å²) in [6, 6.07) is 0.158. The number of aliphatic hydroxyl groups excluding tert-OH is 1. The number of likely N-dealkylation sites (N-methyl/N-ethyl adjacent to an activating group) is 1. The van der Waals surface area contributed by atoms with Crippen LogP contribution in [0.1, 0.15) is 32.1 Å². The fraction of sp³-hybridized carbons (Fsp3) is 0.933. The minimum absolute atomic E-state index is 0.118. The van der Waals surface area contributed by atoms with E-state index in [1.165, 1.54) is 0 Å². The summed E-state index contributed by atoms with van der Waals surface area (Å²) in [4.78, 5) is 16.8. The zero-order valence-corrected chi connectivity index (χ0v) is 12.8. The van der Waals surface area contributed by atoms with Crippen LogP contribution < -0.4 is 5.73 Å². The third-order valence-corrected chi connectivity index (χ3v) is 4.72. The van der Waals surface area contributed by atoms with Gasteiger partial charge in [0.15, 0.2) is 0 Å². The minimum atomic E-state index is -0.363. The number of amides is 1. The lowest BCUT2D eigenvalue weighted by atomic mass is 9.80. The smallest absolute Gasteiger partial charge is 0.226 e. The van der Waals surface area contributed by atoms with Crippen LogP contribution in [0.4, 0.5) is 0 Å². The first-order valence-electron chi connectivity index (χ1n) is 7.84. The molecule has 2 fully saturated rings. The predicted octanol–water partition coefficient (Wildman–Crippen LogP) is 0.275. The van der Waals surface area contributed by atoms with E-state index in [0.717, 1.165) is 32.2 Å². The molecule has 1 saturated carbocycles. The van der Waals surface area contributed by atoms with Crippen molar-refractivity contribution < 1.29 is 9.90 Å². The molecule has 1 aliphatic carbocycles. The molecule has 2 aliphatic rings. The molecule has 116 valence electrons. The van der Waals surface area contributed by atoms with E-state index in [1.807, 2.05) is 19.0 Å². The monoisotopic (exact) mass is 283 g/mol. The fourth-order valence-corrected chi connectivity index (χ4v) is 3.72. The number of likely N-dealkylation sites (tertiary alicyclic amines) is 1. The Bertz CT molecular complexity index is 335. The van der Waals surface area contributed by atoms with Crippen molar-refractivity contribution in [1.29, 1.82) is 0 Å². The van der Waals surface area contributed by atoms with Gasteiger partial charge in [-0.2, -0.15) is 0 Å². The lowest BCUT2D eigenvalue weighted by Gasteiger charge is -2.34. The zero-order valence-electron chi connectivity index (χ0n) is 12.8. The summed E-state index contributed by atoms with van der Waals surface area (Å²) in [5, 5.41) is 9.90. The van der Waals surface area contributed by atoms with Gasteiger partial charge in [0.05, 0.1) is 6.10 Å². The molecule has 1 amide bonds. The van der Waals surface area contributed by atoms with Crippen molar-refractivity contribution in [3.05, 3.63) is 0 Å². The fourth-order valence-electron chi connectivity index (χ4n) is 3.72. The van der Waals surface area contributed by atoms with Crippen LogP contribution in [-0.2, 0) is 4.79 Å². The molecule has 5 heteroatoms. The Balaban J connectivity index is 1.99. The summed E-state index contributed by atoms with van der Waals surface area (Å²) in [6.45, 7) is 2.02. The lowest BCUT2D eigenvalue weighted by Crippen LogP contribution is -2.45. The molecule has 0 aromatic heterocycles. The van der Waals surface area contributed by atoms with Gasteiger partial charge in [0.2, 0.25) is 5.91 Å². The lowest BCUT2D eigenvalue weighted by molar-refractivity contribution is -0.138. The topological polar surface area (TPSA) is 69.8 Å².